The average molecular weight is 236 g/mol. The lowest BCUT2D eigenvalue weighted by Crippen LogP contribution is -2.30. The molecule has 1 rings (SSSR count). The van der Waals surface area contributed by atoms with E-state index in [2.05, 4.69) is 30.7 Å². The third kappa shape index (κ3) is 3.73. The number of hydrogen-bond acceptors (Lipinski definition) is 3. The van der Waals surface area contributed by atoms with Crippen LogP contribution in [0.5, 0.6) is 0 Å². The lowest BCUT2D eigenvalue weighted by atomic mass is 10.0. The minimum Gasteiger partial charge on any atom is -0.478 e. The molecule has 1 aromatic rings. The number of carboxylic acids is 1. The van der Waals surface area contributed by atoms with Crippen molar-refractivity contribution in [3.05, 3.63) is 23.9 Å². The Hall–Kier alpha value is -1.58. The molecule has 0 radical (unpaired) electrons. The van der Waals surface area contributed by atoms with Crippen LogP contribution in [0, 0.1) is 5.92 Å². The van der Waals surface area contributed by atoms with Gasteiger partial charge in [0.2, 0.25) is 0 Å². The smallest absolute Gasteiger partial charge is 0.337 e. The predicted octanol–water partition coefficient (Wildman–Crippen LogP) is 2.65. The second-order valence-electron chi connectivity index (χ2n) is 4.80. The van der Waals surface area contributed by atoms with Crippen molar-refractivity contribution in [1.29, 1.82) is 0 Å². The van der Waals surface area contributed by atoms with E-state index in [1.807, 2.05) is 7.05 Å². The SMILES string of the molecule is CC(C)CC(C)N(C)c1ccc(C(=O)O)cn1. The molecule has 1 atom stereocenters. The highest BCUT2D eigenvalue weighted by Gasteiger charge is 2.13. The van der Waals surface area contributed by atoms with Gasteiger partial charge in [-0.1, -0.05) is 13.8 Å². The number of pyridine rings is 1. The summed E-state index contributed by atoms with van der Waals surface area (Å²) in [6.07, 6.45) is 2.48. The first-order valence-electron chi connectivity index (χ1n) is 5.84. The maximum Gasteiger partial charge on any atom is 0.337 e. The Morgan fingerprint density at radius 1 is 1.41 bits per heavy atom. The number of rotatable bonds is 5. The monoisotopic (exact) mass is 236 g/mol. The summed E-state index contributed by atoms with van der Waals surface area (Å²) in [4.78, 5) is 17.0. The summed E-state index contributed by atoms with van der Waals surface area (Å²) in [5, 5.41) is 8.79. The van der Waals surface area contributed by atoms with Crippen molar-refractivity contribution in [2.24, 2.45) is 5.92 Å². The molecule has 0 spiro atoms. The summed E-state index contributed by atoms with van der Waals surface area (Å²) in [5.74, 6) is 0.496. The Bertz CT molecular complexity index is 374. The first-order valence-corrected chi connectivity index (χ1v) is 5.84. The molecule has 1 heterocycles. The van der Waals surface area contributed by atoms with E-state index in [-0.39, 0.29) is 5.56 Å². The molecule has 0 saturated carbocycles. The van der Waals surface area contributed by atoms with E-state index in [0.717, 1.165) is 12.2 Å². The van der Waals surface area contributed by atoms with Gasteiger partial charge in [-0.15, -0.1) is 0 Å². The standard InChI is InChI=1S/C13H20N2O2/c1-9(2)7-10(3)15(4)12-6-5-11(8-14-12)13(16)17/h5-6,8-10H,7H2,1-4H3,(H,16,17). The molecule has 0 saturated heterocycles. The van der Waals surface area contributed by atoms with Crippen LogP contribution >= 0.6 is 0 Å². The number of hydrogen-bond donors (Lipinski definition) is 1. The maximum atomic E-state index is 10.7. The Balaban J connectivity index is 2.75. The summed E-state index contributed by atoms with van der Waals surface area (Å²) < 4.78 is 0. The van der Waals surface area contributed by atoms with Gasteiger partial charge in [0, 0.05) is 19.3 Å². The first-order chi connectivity index (χ1) is 7.91. The van der Waals surface area contributed by atoms with Crippen molar-refractivity contribution in [3.8, 4) is 0 Å². The van der Waals surface area contributed by atoms with E-state index in [4.69, 9.17) is 5.11 Å². The Morgan fingerprint density at radius 2 is 2.06 bits per heavy atom. The topological polar surface area (TPSA) is 53.4 Å². The zero-order valence-electron chi connectivity index (χ0n) is 10.8. The highest BCUT2D eigenvalue weighted by molar-refractivity contribution is 5.87. The van der Waals surface area contributed by atoms with Crippen LogP contribution in [0.1, 0.15) is 37.6 Å². The number of carboxylic acid groups (broad SMARTS) is 1. The number of carbonyl (C=O) groups is 1. The molecule has 0 aliphatic carbocycles. The number of anilines is 1. The van der Waals surface area contributed by atoms with E-state index in [1.54, 1.807) is 12.1 Å². The van der Waals surface area contributed by atoms with Gasteiger partial charge in [-0.05, 0) is 31.4 Å². The molecule has 0 aliphatic rings. The molecule has 1 N–H and O–H groups in total. The highest BCUT2D eigenvalue weighted by Crippen LogP contribution is 2.17. The fraction of sp³-hybridized carbons (Fsp3) is 0.538. The molecular weight excluding hydrogens is 216 g/mol. The summed E-state index contributed by atoms with van der Waals surface area (Å²) >= 11 is 0. The van der Waals surface area contributed by atoms with Crippen LogP contribution in [-0.4, -0.2) is 29.1 Å². The lowest BCUT2D eigenvalue weighted by Gasteiger charge is -2.27. The van der Waals surface area contributed by atoms with Crippen molar-refractivity contribution >= 4 is 11.8 Å². The number of aromatic nitrogens is 1. The second-order valence-corrected chi connectivity index (χ2v) is 4.80. The zero-order chi connectivity index (χ0) is 13.0. The van der Waals surface area contributed by atoms with Crippen LogP contribution in [0.4, 0.5) is 5.82 Å². The Labute approximate surface area is 102 Å². The molecule has 0 bridgehead atoms. The van der Waals surface area contributed by atoms with E-state index < -0.39 is 5.97 Å². The number of nitrogens with zero attached hydrogens (tertiary/aromatic N) is 2. The molecule has 1 aromatic heterocycles. The van der Waals surface area contributed by atoms with Crippen LogP contribution in [0.15, 0.2) is 18.3 Å². The van der Waals surface area contributed by atoms with Crippen molar-refractivity contribution < 1.29 is 9.90 Å². The van der Waals surface area contributed by atoms with Gasteiger partial charge in [0.25, 0.3) is 0 Å². The summed E-state index contributed by atoms with van der Waals surface area (Å²) in [6, 6.07) is 3.72. The summed E-state index contributed by atoms with van der Waals surface area (Å²) in [5.41, 5.74) is 0.221. The quantitative estimate of drug-likeness (QED) is 0.854. The first kappa shape index (κ1) is 13.5. The molecule has 4 nitrogen and oxygen atoms in total. The molecule has 1 unspecified atom stereocenters. The fourth-order valence-electron chi connectivity index (χ4n) is 1.79. The van der Waals surface area contributed by atoms with Gasteiger partial charge >= 0.3 is 5.97 Å². The van der Waals surface area contributed by atoms with Crippen LogP contribution in [0.2, 0.25) is 0 Å². The van der Waals surface area contributed by atoms with E-state index >= 15 is 0 Å². The average Bonchev–Trinajstić information content (AvgIpc) is 2.27. The predicted molar refractivity (Wildman–Crippen MR) is 68.5 cm³/mol. The van der Waals surface area contributed by atoms with Crippen LogP contribution in [0.25, 0.3) is 0 Å². The fourth-order valence-corrected chi connectivity index (χ4v) is 1.79. The molecule has 0 aliphatic heterocycles. The Kier molecular flexibility index (Phi) is 4.49. The molecular formula is C13H20N2O2. The van der Waals surface area contributed by atoms with Crippen molar-refractivity contribution in [2.45, 2.75) is 33.2 Å². The maximum absolute atomic E-state index is 10.7. The summed E-state index contributed by atoms with van der Waals surface area (Å²) in [6.45, 7) is 6.52. The third-order valence-electron chi connectivity index (χ3n) is 2.83. The zero-order valence-corrected chi connectivity index (χ0v) is 10.8. The molecule has 0 fully saturated rings. The van der Waals surface area contributed by atoms with Gasteiger partial charge < -0.3 is 10.0 Å². The van der Waals surface area contributed by atoms with Crippen LogP contribution < -0.4 is 4.90 Å². The van der Waals surface area contributed by atoms with Crippen molar-refractivity contribution in [1.82, 2.24) is 4.98 Å². The molecule has 94 valence electrons. The lowest BCUT2D eigenvalue weighted by molar-refractivity contribution is 0.0696. The number of aromatic carboxylic acids is 1. The Morgan fingerprint density at radius 3 is 2.47 bits per heavy atom. The van der Waals surface area contributed by atoms with Gasteiger partial charge in [-0.25, -0.2) is 9.78 Å². The third-order valence-corrected chi connectivity index (χ3v) is 2.83. The largest absolute Gasteiger partial charge is 0.478 e. The molecule has 0 aromatic carbocycles. The summed E-state index contributed by atoms with van der Waals surface area (Å²) in [7, 11) is 1.98. The minimum absolute atomic E-state index is 0.221. The second kappa shape index (κ2) is 5.66. The van der Waals surface area contributed by atoms with Gasteiger partial charge in [0.1, 0.15) is 5.82 Å². The van der Waals surface area contributed by atoms with Crippen LogP contribution in [-0.2, 0) is 0 Å². The van der Waals surface area contributed by atoms with Gasteiger partial charge in [-0.2, -0.15) is 0 Å². The normalized spacial score (nSPS) is 12.5. The van der Waals surface area contributed by atoms with Gasteiger partial charge in [-0.3, -0.25) is 0 Å². The molecule has 4 heteroatoms. The van der Waals surface area contributed by atoms with Gasteiger partial charge in [0.15, 0.2) is 0 Å². The van der Waals surface area contributed by atoms with Gasteiger partial charge in [0.05, 0.1) is 5.56 Å². The minimum atomic E-state index is -0.943. The van der Waals surface area contributed by atoms with E-state index in [1.165, 1.54) is 6.20 Å². The van der Waals surface area contributed by atoms with E-state index in [0.29, 0.717) is 12.0 Å². The van der Waals surface area contributed by atoms with Crippen molar-refractivity contribution in [2.75, 3.05) is 11.9 Å². The highest BCUT2D eigenvalue weighted by atomic mass is 16.4. The van der Waals surface area contributed by atoms with Crippen molar-refractivity contribution in [3.63, 3.8) is 0 Å². The van der Waals surface area contributed by atoms with Crippen LogP contribution in [0.3, 0.4) is 0 Å². The molecule has 17 heavy (non-hydrogen) atoms. The molecule has 0 amide bonds. The van der Waals surface area contributed by atoms with E-state index in [9.17, 15) is 4.79 Å².